The van der Waals surface area contributed by atoms with Crippen LogP contribution in [0.25, 0.3) is 0 Å². The molecule has 3 heteroatoms. The first-order chi connectivity index (χ1) is 5.61. The van der Waals surface area contributed by atoms with Crippen LogP contribution in [-0.2, 0) is 0 Å². The Hall–Kier alpha value is -0.120. The van der Waals surface area contributed by atoms with E-state index in [1.165, 1.54) is 0 Å². The minimum absolute atomic E-state index is 0.0453. The summed E-state index contributed by atoms with van der Waals surface area (Å²) in [6.07, 6.45) is 2.25. The molecule has 3 N–H and O–H groups in total. The van der Waals surface area contributed by atoms with Crippen molar-refractivity contribution in [1.82, 2.24) is 16.0 Å². The van der Waals surface area contributed by atoms with Crippen molar-refractivity contribution in [2.24, 2.45) is 0 Å². The molecule has 0 rings (SSSR count). The molecule has 0 radical (unpaired) electrons. The molecule has 0 aliphatic rings. The molecule has 1 unspecified atom stereocenters. The van der Waals surface area contributed by atoms with Crippen LogP contribution in [0.1, 0.15) is 26.7 Å². The van der Waals surface area contributed by atoms with Crippen molar-refractivity contribution in [2.45, 2.75) is 38.4 Å². The van der Waals surface area contributed by atoms with Gasteiger partial charge in [0.1, 0.15) is 0 Å². The normalized spacial score (nSPS) is 14.8. The summed E-state index contributed by atoms with van der Waals surface area (Å²) in [5.41, 5.74) is 0.0453. The molecule has 74 valence electrons. The molecule has 0 aromatic heterocycles. The van der Waals surface area contributed by atoms with Gasteiger partial charge in [0.15, 0.2) is 0 Å². The van der Waals surface area contributed by atoms with Crippen molar-refractivity contribution in [3.63, 3.8) is 0 Å². The van der Waals surface area contributed by atoms with Gasteiger partial charge in [-0.1, -0.05) is 6.92 Å². The van der Waals surface area contributed by atoms with Gasteiger partial charge < -0.3 is 16.0 Å². The predicted octanol–water partition coefficient (Wildman–Crippen LogP) is 0.530. The summed E-state index contributed by atoms with van der Waals surface area (Å²) in [5.74, 6) is 0. The van der Waals surface area contributed by atoms with E-state index in [0.717, 1.165) is 12.8 Å². The van der Waals surface area contributed by atoms with Crippen molar-refractivity contribution in [1.29, 1.82) is 0 Å². The second kappa shape index (κ2) is 5.51. The van der Waals surface area contributed by atoms with E-state index in [1.807, 2.05) is 21.1 Å². The third kappa shape index (κ3) is 3.52. The van der Waals surface area contributed by atoms with Gasteiger partial charge in [-0.05, 0) is 40.9 Å². The Morgan fingerprint density at radius 2 is 1.67 bits per heavy atom. The van der Waals surface area contributed by atoms with Crippen LogP contribution in [0.3, 0.4) is 0 Å². The first-order valence-electron chi connectivity index (χ1n) is 4.67. The minimum atomic E-state index is 0.0453. The van der Waals surface area contributed by atoms with Gasteiger partial charge in [-0.3, -0.25) is 0 Å². The van der Waals surface area contributed by atoms with Crippen LogP contribution in [0, 0.1) is 0 Å². The van der Waals surface area contributed by atoms with Gasteiger partial charge >= 0.3 is 0 Å². The molecule has 0 fully saturated rings. The highest BCUT2D eigenvalue weighted by atomic mass is 15.2. The second-order valence-corrected chi connectivity index (χ2v) is 3.43. The lowest BCUT2D eigenvalue weighted by atomic mass is 10.0. The summed E-state index contributed by atoms with van der Waals surface area (Å²) in [7, 11) is 5.98. The van der Waals surface area contributed by atoms with Gasteiger partial charge in [0.25, 0.3) is 0 Å². The lowest BCUT2D eigenvalue weighted by Gasteiger charge is -2.32. The summed E-state index contributed by atoms with van der Waals surface area (Å²) in [6, 6.07) is 0.579. The lowest BCUT2D eigenvalue weighted by Crippen LogP contribution is -2.54. The summed E-state index contributed by atoms with van der Waals surface area (Å²) in [5, 5.41) is 9.85. The molecule has 0 aliphatic carbocycles. The second-order valence-electron chi connectivity index (χ2n) is 3.43. The van der Waals surface area contributed by atoms with Gasteiger partial charge in [0.05, 0.1) is 5.66 Å². The molecule has 0 aromatic carbocycles. The number of hydrogen-bond donors (Lipinski definition) is 3. The fourth-order valence-electron chi connectivity index (χ4n) is 1.27. The van der Waals surface area contributed by atoms with Crippen LogP contribution in [-0.4, -0.2) is 32.8 Å². The standard InChI is InChI=1S/C9H23N3/c1-6-8(10-3)7-9(2,11-4)12-5/h8,10-12H,6-7H2,1-5H3. The van der Waals surface area contributed by atoms with E-state index in [9.17, 15) is 0 Å². The molecule has 0 aromatic rings. The Morgan fingerprint density at radius 1 is 1.17 bits per heavy atom. The average Bonchev–Trinajstić information content (AvgIpc) is 2.14. The number of rotatable bonds is 6. The van der Waals surface area contributed by atoms with E-state index >= 15 is 0 Å². The van der Waals surface area contributed by atoms with Gasteiger partial charge in [0.2, 0.25) is 0 Å². The zero-order valence-corrected chi connectivity index (χ0v) is 8.99. The fourth-order valence-corrected chi connectivity index (χ4v) is 1.27. The maximum absolute atomic E-state index is 3.30. The molecule has 0 aliphatic heterocycles. The molecule has 0 saturated heterocycles. The van der Waals surface area contributed by atoms with Gasteiger partial charge in [0, 0.05) is 6.04 Å². The molecular weight excluding hydrogens is 150 g/mol. The van der Waals surface area contributed by atoms with E-state index in [-0.39, 0.29) is 5.66 Å². The van der Waals surface area contributed by atoms with Crippen LogP contribution < -0.4 is 16.0 Å². The topological polar surface area (TPSA) is 36.1 Å². The molecule has 3 nitrogen and oxygen atoms in total. The molecule has 1 atom stereocenters. The predicted molar refractivity (Wildman–Crippen MR) is 54.3 cm³/mol. The molecule has 0 saturated carbocycles. The van der Waals surface area contributed by atoms with E-state index in [2.05, 4.69) is 29.8 Å². The van der Waals surface area contributed by atoms with Crippen molar-refractivity contribution in [3.05, 3.63) is 0 Å². The minimum Gasteiger partial charge on any atom is -0.317 e. The summed E-state index contributed by atoms with van der Waals surface area (Å²) < 4.78 is 0. The molecule has 0 spiro atoms. The first kappa shape index (κ1) is 11.9. The maximum atomic E-state index is 3.30. The van der Waals surface area contributed by atoms with Gasteiger partial charge in [-0.15, -0.1) is 0 Å². The number of nitrogens with one attached hydrogen (secondary N) is 3. The average molecular weight is 173 g/mol. The van der Waals surface area contributed by atoms with Crippen molar-refractivity contribution in [2.75, 3.05) is 21.1 Å². The van der Waals surface area contributed by atoms with Crippen molar-refractivity contribution < 1.29 is 0 Å². The SMILES string of the molecule is CCC(CC(C)(NC)NC)NC. The van der Waals surface area contributed by atoms with Crippen molar-refractivity contribution >= 4 is 0 Å². The van der Waals surface area contributed by atoms with E-state index < -0.39 is 0 Å². The van der Waals surface area contributed by atoms with E-state index in [1.54, 1.807) is 0 Å². The van der Waals surface area contributed by atoms with E-state index in [0.29, 0.717) is 6.04 Å². The molecule has 0 amide bonds. The van der Waals surface area contributed by atoms with E-state index in [4.69, 9.17) is 0 Å². The van der Waals surface area contributed by atoms with Crippen LogP contribution in [0.5, 0.6) is 0 Å². The highest BCUT2D eigenvalue weighted by Crippen LogP contribution is 2.09. The van der Waals surface area contributed by atoms with Crippen molar-refractivity contribution in [3.8, 4) is 0 Å². The van der Waals surface area contributed by atoms with Gasteiger partial charge in [-0.2, -0.15) is 0 Å². The lowest BCUT2D eigenvalue weighted by molar-refractivity contribution is 0.265. The zero-order valence-electron chi connectivity index (χ0n) is 8.99. The monoisotopic (exact) mass is 173 g/mol. The fraction of sp³-hybridized carbons (Fsp3) is 1.00. The molecule has 0 bridgehead atoms. The maximum Gasteiger partial charge on any atom is 0.0668 e. The molecular formula is C9H23N3. The third-order valence-corrected chi connectivity index (χ3v) is 2.66. The largest absolute Gasteiger partial charge is 0.317 e. The highest BCUT2D eigenvalue weighted by molar-refractivity contribution is 4.82. The van der Waals surface area contributed by atoms with Crippen LogP contribution in [0.2, 0.25) is 0 Å². The Bertz CT molecular complexity index is 106. The summed E-state index contributed by atoms with van der Waals surface area (Å²) in [6.45, 7) is 4.37. The molecule has 12 heavy (non-hydrogen) atoms. The third-order valence-electron chi connectivity index (χ3n) is 2.66. The molecule has 0 heterocycles. The highest BCUT2D eigenvalue weighted by Gasteiger charge is 2.22. The number of hydrogen-bond acceptors (Lipinski definition) is 3. The Labute approximate surface area is 76.3 Å². The van der Waals surface area contributed by atoms with Gasteiger partial charge in [-0.25, -0.2) is 0 Å². The smallest absolute Gasteiger partial charge is 0.0668 e. The Kier molecular flexibility index (Phi) is 5.46. The zero-order chi connectivity index (χ0) is 9.61. The Morgan fingerprint density at radius 3 is 1.92 bits per heavy atom. The summed E-state index contributed by atoms with van der Waals surface area (Å²) >= 11 is 0. The quantitative estimate of drug-likeness (QED) is 0.513. The first-order valence-corrected chi connectivity index (χ1v) is 4.67. The van der Waals surface area contributed by atoms with Crippen LogP contribution in [0.4, 0.5) is 0 Å². The van der Waals surface area contributed by atoms with Crippen LogP contribution >= 0.6 is 0 Å². The van der Waals surface area contributed by atoms with Crippen LogP contribution in [0.15, 0.2) is 0 Å². The summed E-state index contributed by atoms with van der Waals surface area (Å²) in [4.78, 5) is 0. The Balaban J connectivity index is 3.99.